The van der Waals surface area contributed by atoms with Gasteiger partial charge < -0.3 is 19.8 Å². The van der Waals surface area contributed by atoms with Crippen LogP contribution in [0.3, 0.4) is 0 Å². The van der Waals surface area contributed by atoms with Gasteiger partial charge in [0.05, 0.1) is 30.4 Å². The van der Waals surface area contributed by atoms with Crippen molar-refractivity contribution in [3.63, 3.8) is 0 Å². The molecule has 0 radical (unpaired) electrons. The molecule has 1 amide bonds. The second kappa shape index (κ2) is 14.6. The van der Waals surface area contributed by atoms with Gasteiger partial charge in [0.1, 0.15) is 0 Å². The number of ketones is 1. The highest BCUT2D eigenvalue weighted by Crippen LogP contribution is 2.62. The molecule has 0 heterocycles. The molecule has 2 aromatic rings. The minimum absolute atomic E-state index is 0.0643. The predicted octanol–water partition coefficient (Wildman–Crippen LogP) is 9.51. The van der Waals surface area contributed by atoms with E-state index in [1.165, 1.54) is 18.6 Å². The summed E-state index contributed by atoms with van der Waals surface area (Å²) in [7, 11) is 0. The highest BCUT2D eigenvalue weighted by atomic mass is 19.4. The van der Waals surface area contributed by atoms with Gasteiger partial charge in [-0.3, -0.25) is 4.79 Å². The molecule has 52 heavy (non-hydrogen) atoms. The molecule has 6 aliphatic rings. The lowest BCUT2D eigenvalue weighted by Crippen LogP contribution is -2.58. The SMILES string of the molecule is CCOC(=O)N(C[C@@H]1CC[C@H]2C[C@@H]1C2(C)C)C[C@]1(O)CC[C@H]2c3ccc(cc3C(=O)c3cccc(C(F)(F)F)c3)C[C@@H](O)CCC(C)=CCC[C@@]21C. The largest absolute Gasteiger partial charge is 0.450 e. The van der Waals surface area contributed by atoms with Gasteiger partial charge >= 0.3 is 12.3 Å². The molecule has 6 nitrogen and oxygen atoms in total. The zero-order valence-corrected chi connectivity index (χ0v) is 31.4. The number of nitrogens with zero attached hydrogens (tertiary/aromatic N) is 1. The van der Waals surface area contributed by atoms with Crippen LogP contribution in [-0.2, 0) is 17.3 Å². The monoisotopic (exact) mass is 723 g/mol. The average Bonchev–Trinajstić information content (AvgIpc) is 3.35. The Kier molecular flexibility index (Phi) is 10.8. The summed E-state index contributed by atoms with van der Waals surface area (Å²) in [5.41, 5.74) is -0.0317. The zero-order valence-electron chi connectivity index (χ0n) is 31.4. The van der Waals surface area contributed by atoms with Gasteiger partial charge in [-0.1, -0.05) is 56.7 Å². The molecule has 0 spiro atoms. The first kappa shape index (κ1) is 38.6. The van der Waals surface area contributed by atoms with E-state index >= 15 is 0 Å². The number of aliphatic hydroxyl groups is 2. The van der Waals surface area contributed by atoms with Crippen LogP contribution >= 0.6 is 0 Å². The third kappa shape index (κ3) is 7.33. The fourth-order valence-corrected chi connectivity index (χ4v) is 10.4. The number of allylic oxidation sites excluding steroid dienone is 2. The number of fused-ring (bicyclic) bond motifs is 10. The normalized spacial score (nSPS) is 31.5. The van der Waals surface area contributed by atoms with E-state index in [2.05, 4.69) is 33.8 Å². The molecule has 4 bridgehead atoms. The number of aliphatic hydroxyl groups excluding tert-OH is 1. The lowest BCUT2D eigenvalue weighted by Gasteiger charge is -2.60. The van der Waals surface area contributed by atoms with E-state index in [9.17, 15) is 33.0 Å². The molecular formula is C43H56F3NO5. The standard InChI is InChI=1S/C43H56F3NO5/c1-6-52-39(50)47(25-30-14-15-31-24-37(30)40(31,3)4)26-42(51)20-18-36-34-17-13-28(21-33(48)16-12-27(2)9-8-19-41(36,42)5)22-35(34)38(49)29-10-7-11-32(23-29)43(44,45)46/h7,9-11,13,17,22-23,30-31,33,36-37,48,51H,6,8,12,14-16,18-21,24-26H2,1-5H3/t30-,31-,33-,36-,37-,41-,42+/m0/s1. The maximum atomic E-state index is 14.3. The lowest BCUT2D eigenvalue weighted by molar-refractivity contribution is -0.137. The van der Waals surface area contributed by atoms with E-state index in [0.29, 0.717) is 80.4 Å². The Bertz CT molecular complexity index is 1680. The van der Waals surface area contributed by atoms with Crippen LogP contribution in [0.1, 0.15) is 131 Å². The van der Waals surface area contributed by atoms with Crippen LogP contribution in [0.2, 0.25) is 0 Å². The van der Waals surface area contributed by atoms with Crippen LogP contribution in [0.5, 0.6) is 0 Å². The molecule has 0 saturated heterocycles. The van der Waals surface area contributed by atoms with Gasteiger partial charge in [-0.05, 0) is 136 Å². The quantitative estimate of drug-likeness (QED) is 0.220. The number of ether oxygens (including phenoxy) is 1. The first-order valence-corrected chi connectivity index (χ1v) is 19.3. The van der Waals surface area contributed by atoms with Crippen LogP contribution in [0, 0.1) is 28.6 Å². The van der Waals surface area contributed by atoms with Gasteiger partial charge in [0, 0.05) is 23.1 Å². The van der Waals surface area contributed by atoms with Gasteiger partial charge in [0.15, 0.2) is 5.78 Å². The molecule has 9 heteroatoms. The van der Waals surface area contributed by atoms with Crippen molar-refractivity contribution in [3.05, 3.63) is 81.9 Å². The topological polar surface area (TPSA) is 87.1 Å². The molecule has 2 N–H and O–H groups in total. The number of hydrogen-bond acceptors (Lipinski definition) is 5. The highest BCUT2D eigenvalue weighted by molar-refractivity contribution is 6.10. The summed E-state index contributed by atoms with van der Waals surface area (Å²) < 4.78 is 46.9. The van der Waals surface area contributed by atoms with Crippen LogP contribution < -0.4 is 0 Å². The van der Waals surface area contributed by atoms with Crippen molar-refractivity contribution in [3.8, 4) is 0 Å². The van der Waals surface area contributed by atoms with Gasteiger partial charge in [-0.25, -0.2) is 4.79 Å². The lowest BCUT2D eigenvalue weighted by atomic mass is 9.45. The molecule has 0 aliphatic heterocycles. The number of hydrogen-bond donors (Lipinski definition) is 2. The van der Waals surface area contributed by atoms with Crippen LogP contribution in [0.15, 0.2) is 54.1 Å². The van der Waals surface area contributed by atoms with Crippen molar-refractivity contribution in [2.75, 3.05) is 19.7 Å². The third-order valence-electron chi connectivity index (χ3n) is 13.8. The second-order valence-electron chi connectivity index (χ2n) is 17.1. The molecule has 4 fully saturated rings. The molecule has 6 aliphatic carbocycles. The number of carbonyl (C=O) groups excluding carboxylic acids is 2. The molecular weight excluding hydrogens is 667 g/mol. The summed E-state index contributed by atoms with van der Waals surface area (Å²) in [6, 6.07) is 10.0. The number of alkyl halides is 3. The number of carbonyl (C=O) groups is 2. The second-order valence-corrected chi connectivity index (χ2v) is 17.1. The van der Waals surface area contributed by atoms with Crippen molar-refractivity contribution in [2.45, 2.75) is 123 Å². The summed E-state index contributed by atoms with van der Waals surface area (Å²) in [5, 5.41) is 23.9. The maximum Gasteiger partial charge on any atom is 0.416 e. The maximum absolute atomic E-state index is 14.3. The van der Waals surface area contributed by atoms with E-state index < -0.39 is 40.7 Å². The Morgan fingerprint density at radius 2 is 1.79 bits per heavy atom. The zero-order chi connectivity index (χ0) is 37.6. The number of halogens is 3. The van der Waals surface area contributed by atoms with Crippen molar-refractivity contribution < 1.29 is 37.7 Å². The van der Waals surface area contributed by atoms with Gasteiger partial charge in [0.2, 0.25) is 0 Å². The fourth-order valence-electron chi connectivity index (χ4n) is 10.4. The Balaban J connectivity index is 1.40. The molecule has 0 aromatic heterocycles. The number of benzene rings is 2. The molecule has 4 saturated carbocycles. The van der Waals surface area contributed by atoms with E-state index in [4.69, 9.17) is 4.74 Å². The molecule has 8 rings (SSSR count). The minimum Gasteiger partial charge on any atom is -0.450 e. The van der Waals surface area contributed by atoms with E-state index in [-0.39, 0.29) is 30.0 Å². The Labute approximate surface area is 306 Å². The van der Waals surface area contributed by atoms with E-state index in [1.54, 1.807) is 17.9 Å². The average molecular weight is 724 g/mol. The van der Waals surface area contributed by atoms with Crippen LogP contribution in [0.25, 0.3) is 0 Å². The highest BCUT2D eigenvalue weighted by Gasteiger charge is 2.59. The van der Waals surface area contributed by atoms with E-state index in [1.807, 2.05) is 12.1 Å². The minimum atomic E-state index is -4.61. The Morgan fingerprint density at radius 3 is 2.48 bits per heavy atom. The number of amides is 1. The molecule has 0 unspecified atom stereocenters. The smallest absolute Gasteiger partial charge is 0.416 e. The van der Waals surface area contributed by atoms with Crippen molar-refractivity contribution in [2.24, 2.45) is 28.6 Å². The molecule has 284 valence electrons. The van der Waals surface area contributed by atoms with Crippen molar-refractivity contribution in [1.29, 1.82) is 0 Å². The Hall–Kier alpha value is -3.17. The summed E-state index contributed by atoms with van der Waals surface area (Å²) in [4.78, 5) is 29.7. The van der Waals surface area contributed by atoms with E-state index in [0.717, 1.165) is 36.1 Å². The predicted molar refractivity (Wildman–Crippen MR) is 195 cm³/mol. The summed E-state index contributed by atoms with van der Waals surface area (Å²) in [6.45, 7) is 11.4. The van der Waals surface area contributed by atoms with Gasteiger partial charge in [-0.2, -0.15) is 13.2 Å². The summed E-state index contributed by atoms with van der Waals surface area (Å²) in [6.07, 6.45) is 3.45. The first-order valence-electron chi connectivity index (χ1n) is 19.3. The number of rotatable bonds is 7. The van der Waals surface area contributed by atoms with Crippen molar-refractivity contribution >= 4 is 11.9 Å². The molecule has 7 atom stereocenters. The van der Waals surface area contributed by atoms with Crippen LogP contribution in [-0.4, -0.2) is 58.4 Å². The fraction of sp³-hybridized carbons (Fsp3) is 0.628. The summed E-state index contributed by atoms with van der Waals surface area (Å²) in [5.74, 6) is 0.681. The Morgan fingerprint density at radius 1 is 1.02 bits per heavy atom. The molecule has 2 aromatic carbocycles. The van der Waals surface area contributed by atoms with Gasteiger partial charge in [0.25, 0.3) is 0 Å². The van der Waals surface area contributed by atoms with Crippen LogP contribution in [0.4, 0.5) is 18.0 Å². The summed E-state index contributed by atoms with van der Waals surface area (Å²) >= 11 is 0. The van der Waals surface area contributed by atoms with Crippen molar-refractivity contribution in [1.82, 2.24) is 4.90 Å². The van der Waals surface area contributed by atoms with Gasteiger partial charge in [-0.15, -0.1) is 0 Å². The third-order valence-corrected chi connectivity index (χ3v) is 13.8. The first-order chi connectivity index (χ1) is 24.5.